The van der Waals surface area contributed by atoms with Crippen molar-refractivity contribution in [1.29, 1.82) is 0 Å². The maximum atomic E-state index is 12.7. The van der Waals surface area contributed by atoms with E-state index in [1.807, 2.05) is 47.4 Å². The van der Waals surface area contributed by atoms with Crippen LogP contribution < -0.4 is 5.73 Å². The predicted molar refractivity (Wildman–Crippen MR) is 101 cm³/mol. The maximum absolute atomic E-state index is 12.7. The minimum absolute atomic E-state index is 0. The molecule has 0 aromatic heterocycles. The minimum atomic E-state index is -0.00344. The second-order valence-corrected chi connectivity index (χ2v) is 6.67. The van der Waals surface area contributed by atoms with Gasteiger partial charge in [0.05, 0.1) is 0 Å². The maximum Gasteiger partial charge on any atom is 0.253 e. The molecular weight excluding hydrogens is 320 g/mol. The molecular formula is C20H25ClN2O. The molecule has 4 heteroatoms. The molecule has 128 valence electrons. The molecule has 0 bridgehead atoms. The molecule has 24 heavy (non-hydrogen) atoms. The summed E-state index contributed by atoms with van der Waals surface area (Å²) >= 11 is 0. The fourth-order valence-electron chi connectivity index (χ4n) is 3.24. The van der Waals surface area contributed by atoms with Crippen molar-refractivity contribution in [2.45, 2.75) is 31.7 Å². The molecule has 2 N–H and O–H groups in total. The van der Waals surface area contributed by atoms with Gasteiger partial charge in [0.1, 0.15) is 0 Å². The first-order valence-corrected chi connectivity index (χ1v) is 8.26. The number of benzene rings is 2. The highest BCUT2D eigenvalue weighted by molar-refractivity contribution is 5.94. The average molecular weight is 345 g/mol. The fourth-order valence-corrected chi connectivity index (χ4v) is 3.24. The third-order valence-corrected chi connectivity index (χ3v) is 4.70. The van der Waals surface area contributed by atoms with Gasteiger partial charge in [-0.15, -0.1) is 12.4 Å². The Balaban J connectivity index is 0.00000208. The smallest absolute Gasteiger partial charge is 0.253 e. The van der Waals surface area contributed by atoms with Crippen LogP contribution in [-0.4, -0.2) is 29.9 Å². The Morgan fingerprint density at radius 3 is 2.25 bits per heavy atom. The van der Waals surface area contributed by atoms with E-state index in [0.717, 1.165) is 5.56 Å². The second kappa shape index (κ2) is 7.82. The summed E-state index contributed by atoms with van der Waals surface area (Å²) in [5.41, 5.74) is 9.50. The van der Waals surface area contributed by atoms with Crippen LogP contribution >= 0.6 is 12.4 Å². The first-order chi connectivity index (χ1) is 11.1. The Morgan fingerprint density at radius 2 is 1.67 bits per heavy atom. The first kappa shape index (κ1) is 18.5. The number of nitrogens with zero attached hydrogens (tertiary/aromatic N) is 1. The predicted octanol–water partition coefficient (Wildman–Crippen LogP) is 3.80. The van der Waals surface area contributed by atoms with Gasteiger partial charge < -0.3 is 10.6 Å². The number of carbonyl (C=O) groups excluding carboxylic acids is 1. The van der Waals surface area contributed by atoms with Gasteiger partial charge in [-0.25, -0.2) is 0 Å². The molecule has 1 fully saturated rings. The van der Waals surface area contributed by atoms with E-state index in [2.05, 4.69) is 26.0 Å². The van der Waals surface area contributed by atoms with Crippen molar-refractivity contribution in [2.24, 2.45) is 5.73 Å². The van der Waals surface area contributed by atoms with Crippen molar-refractivity contribution < 1.29 is 4.79 Å². The second-order valence-electron chi connectivity index (χ2n) is 6.67. The highest BCUT2D eigenvalue weighted by atomic mass is 35.5. The molecule has 1 aliphatic rings. The summed E-state index contributed by atoms with van der Waals surface area (Å²) in [5.74, 6) is 0.770. The lowest BCUT2D eigenvalue weighted by atomic mass is 9.95. The van der Waals surface area contributed by atoms with Crippen LogP contribution in [0.2, 0.25) is 0 Å². The first-order valence-electron chi connectivity index (χ1n) is 8.26. The number of amides is 1. The molecule has 1 heterocycles. The van der Waals surface area contributed by atoms with Crippen LogP contribution in [0.25, 0.3) is 0 Å². The molecule has 0 unspecified atom stereocenters. The van der Waals surface area contributed by atoms with Gasteiger partial charge in [0, 0.05) is 30.6 Å². The van der Waals surface area contributed by atoms with Crippen LogP contribution in [0.4, 0.5) is 0 Å². The summed E-state index contributed by atoms with van der Waals surface area (Å²) < 4.78 is 0. The van der Waals surface area contributed by atoms with E-state index < -0.39 is 0 Å². The van der Waals surface area contributed by atoms with Crippen molar-refractivity contribution in [2.75, 3.05) is 13.1 Å². The molecule has 1 amide bonds. The van der Waals surface area contributed by atoms with E-state index >= 15 is 0 Å². The number of likely N-dealkylation sites (tertiary alicyclic amines) is 1. The van der Waals surface area contributed by atoms with Crippen LogP contribution in [-0.2, 0) is 0 Å². The van der Waals surface area contributed by atoms with Crippen LogP contribution in [0.3, 0.4) is 0 Å². The summed E-state index contributed by atoms with van der Waals surface area (Å²) in [4.78, 5) is 14.6. The molecule has 2 aromatic rings. The van der Waals surface area contributed by atoms with Crippen LogP contribution in [0, 0.1) is 0 Å². The molecule has 2 atom stereocenters. The summed E-state index contributed by atoms with van der Waals surface area (Å²) in [6, 6.07) is 18.2. The minimum Gasteiger partial charge on any atom is -0.336 e. The van der Waals surface area contributed by atoms with E-state index in [1.165, 1.54) is 11.1 Å². The fraction of sp³-hybridized carbons (Fsp3) is 0.350. The number of carbonyl (C=O) groups is 1. The van der Waals surface area contributed by atoms with Gasteiger partial charge in [-0.3, -0.25) is 4.79 Å². The Hall–Kier alpha value is -1.84. The summed E-state index contributed by atoms with van der Waals surface area (Å²) in [6.45, 7) is 5.61. The van der Waals surface area contributed by atoms with E-state index in [0.29, 0.717) is 19.0 Å². The van der Waals surface area contributed by atoms with Crippen molar-refractivity contribution in [3.63, 3.8) is 0 Å². The summed E-state index contributed by atoms with van der Waals surface area (Å²) in [7, 11) is 0. The normalized spacial score (nSPS) is 20.1. The zero-order valence-corrected chi connectivity index (χ0v) is 15.0. The number of halogens is 1. The Bertz CT molecular complexity index is 670. The third kappa shape index (κ3) is 3.80. The van der Waals surface area contributed by atoms with Crippen LogP contribution in [0.1, 0.15) is 47.2 Å². The number of hydrogen-bond acceptors (Lipinski definition) is 2. The molecule has 2 aromatic carbocycles. The Labute approximate surface area is 150 Å². The zero-order chi connectivity index (χ0) is 16.4. The number of hydrogen-bond donors (Lipinski definition) is 1. The van der Waals surface area contributed by atoms with Gasteiger partial charge in [0.25, 0.3) is 5.91 Å². The van der Waals surface area contributed by atoms with Crippen molar-refractivity contribution >= 4 is 18.3 Å². The highest BCUT2D eigenvalue weighted by Crippen LogP contribution is 2.27. The van der Waals surface area contributed by atoms with Crippen molar-refractivity contribution in [1.82, 2.24) is 4.90 Å². The highest BCUT2D eigenvalue weighted by Gasteiger charge is 2.34. The third-order valence-electron chi connectivity index (χ3n) is 4.70. The van der Waals surface area contributed by atoms with Crippen molar-refractivity contribution in [3.8, 4) is 0 Å². The lowest BCUT2D eigenvalue weighted by Gasteiger charge is -2.17. The SMILES string of the molecule is CC(C)c1ccc(C(=O)N2C[C@@H](N)[C@H](c3ccccc3)C2)cc1.Cl. The van der Waals surface area contributed by atoms with Gasteiger partial charge in [-0.05, 0) is 29.2 Å². The Morgan fingerprint density at radius 1 is 1.04 bits per heavy atom. The van der Waals surface area contributed by atoms with Crippen LogP contribution in [0.15, 0.2) is 54.6 Å². The molecule has 3 nitrogen and oxygen atoms in total. The van der Waals surface area contributed by atoms with Crippen molar-refractivity contribution in [3.05, 3.63) is 71.3 Å². The lowest BCUT2D eigenvalue weighted by molar-refractivity contribution is 0.0789. The molecule has 0 spiro atoms. The Kier molecular flexibility index (Phi) is 6.03. The molecule has 0 radical (unpaired) electrons. The van der Waals surface area contributed by atoms with Crippen LogP contribution in [0.5, 0.6) is 0 Å². The molecule has 1 saturated heterocycles. The van der Waals surface area contributed by atoms with E-state index in [-0.39, 0.29) is 30.3 Å². The van der Waals surface area contributed by atoms with E-state index in [9.17, 15) is 4.79 Å². The average Bonchev–Trinajstić information content (AvgIpc) is 2.97. The quantitative estimate of drug-likeness (QED) is 0.920. The monoisotopic (exact) mass is 344 g/mol. The molecule has 0 saturated carbocycles. The zero-order valence-electron chi connectivity index (χ0n) is 14.2. The number of rotatable bonds is 3. The van der Waals surface area contributed by atoms with E-state index in [4.69, 9.17) is 5.73 Å². The lowest BCUT2D eigenvalue weighted by Crippen LogP contribution is -2.32. The largest absolute Gasteiger partial charge is 0.336 e. The summed E-state index contributed by atoms with van der Waals surface area (Å²) in [6.07, 6.45) is 0. The van der Waals surface area contributed by atoms with E-state index in [1.54, 1.807) is 0 Å². The van der Waals surface area contributed by atoms with Gasteiger partial charge >= 0.3 is 0 Å². The molecule has 0 aliphatic carbocycles. The van der Waals surface area contributed by atoms with Gasteiger partial charge in [0.15, 0.2) is 0 Å². The van der Waals surface area contributed by atoms with Gasteiger partial charge in [-0.1, -0.05) is 56.3 Å². The van der Waals surface area contributed by atoms with Gasteiger partial charge in [-0.2, -0.15) is 0 Å². The topological polar surface area (TPSA) is 46.3 Å². The standard InChI is InChI=1S/C20H24N2O.ClH/c1-14(2)15-8-10-17(11-9-15)20(23)22-12-18(19(21)13-22)16-6-4-3-5-7-16;/h3-11,14,18-19H,12-13,21H2,1-2H3;1H/t18-,19+;/m0./s1. The number of nitrogens with two attached hydrogens (primary N) is 1. The molecule has 1 aliphatic heterocycles. The molecule has 3 rings (SSSR count). The van der Waals surface area contributed by atoms with Gasteiger partial charge in [0.2, 0.25) is 0 Å². The summed E-state index contributed by atoms with van der Waals surface area (Å²) in [5, 5.41) is 0.